The van der Waals surface area contributed by atoms with Gasteiger partial charge in [0.05, 0.1) is 12.5 Å². The topological polar surface area (TPSA) is 70.2 Å². The molecule has 3 N–H and O–H groups in total. The summed E-state index contributed by atoms with van der Waals surface area (Å²) in [5, 5.41) is 9.14. The third kappa shape index (κ3) is 5.42. The summed E-state index contributed by atoms with van der Waals surface area (Å²) in [5.74, 6) is -0.187. The highest BCUT2D eigenvalue weighted by atomic mass is 79.9. The van der Waals surface area contributed by atoms with Crippen molar-refractivity contribution in [2.75, 3.05) is 13.1 Å². The Bertz CT molecular complexity index is 513. The first-order chi connectivity index (χ1) is 10.5. The van der Waals surface area contributed by atoms with Crippen LogP contribution in [0.5, 0.6) is 0 Å². The number of amides is 2. The normalized spacial score (nSPS) is 18.7. The van der Waals surface area contributed by atoms with E-state index in [9.17, 15) is 9.59 Å². The second-order valence-corrected chi connectivity index (χ2v) is 6.52. The molecule has 22 heavy (non-hydrogen) atoms. The maximum absolute atomic E-state index is 12.1. The summed E-state index contributed by atoms with van der Waals surface area (Å²) in [7, 11) is 0. The summed E-state index contributed by atoms with van der Waals surface area (Å²) in [5.41, 5.74) is 0.924. The lowest BCUT2D eigenvalue weighted by Gasteiger charge is -2.19. The maximum atomic E-state index is 12.1. The predicted octanol–water partition coefficient (Wildman–Crippen LogP) is 1.88. The summed E-state index contributed by atoms with van der Waals surface area (Å²) in [6.45, 7) is 3.13. The Hall–Kier alpha value is -1.40. The zero-order valence-corrected chi connectivity index (χ0v) is 14.3. The molecule has 1 fully saturated rings. The molecule has 0 spiro atoms. The van der Waals surface area contributed by atoms with E-state index in [1.54, 1.807) is 0 Å². The molecule has 1 aliphatic rings. The molecule has 0 aliphatic carbocycles. The van der Waals surface area contributed by atoms with Crippen LogP contribution in [0.4, 0.5) is 0 Å². The SMILES string of the molecule is CC(=O)NC(CC(=O)NCC1CCCN1)c1ccc(Br)cc1. The summed E-state index contributed by atoms with van der Waals surface area (Å²) < 4.78 is 0.967. The van der Waals surface area contributed by atoms with Crippen molar-refractivity contribution < 1.29 is 9.59 Å². The molecule has 1 aromatic rings. The van der Waals surface area contributed by atoms with E-state index in [1.807, 2.05) is 24.3 Å². The Balaban J connectivity index is 1.91. The van der Waals surface area contributed by atoms with E-state index in [-0.39, 0.29) is 24.3 Å². The number of hydrogen-bond donors (Lipinski definition) is 3. The molecule has 2 unspecified atom stereocenters. The molecule has 0 saturated carbocycles. The molecule has 5 nitrogen and oxygen atoms in total. The Morgan fingerprint density at radius 2 is 2.09 bits per heavy atom. The third-order valence-electron chi connectivity index (χ3n) is 3.75. The van der Waals surface area contributed by atoms with Crippen molar-refractivity contribution in [2.24, 2.45) is 0 Å². The molecule has 6 heteroatoms. The summed E-state index contributed by atoms with van der Waals surface area (Å²) in [6.07, 6.45) is 2.50. The van der Waals surface area contributed by atoms with Crippen molar-refractivity contribution in [2.45, 2.75) is 38.3 Å². The average molecular weight is 368 g/mol. The molecule has 1 aliphatic heterocycles. The van der Waals surface area contributed by atoms with E-state index in [2.05, 4.69) is 31.9 Å². The highest BCUT2D eigenvalue weighted by molar-refractivity contribution is 9.10. The fraction of sp³-hybridized carbons (Fsp3) is 0.500. The van der Waals surface area contributed by atoms with Crippen LogP contribution in [-0.4, -0.2) is 30.9 Å². The largest absolute Gasteiger partial charge is 0.354 e. The molecule has 1 heterocycles. The third-order valence-corrected chi connectivity index (χ3v) is 4.28. The van der Waals surface area contributed by atoms with Crippen LogP contribution < -0.4 is 16.0 Å². The number of nitrogens with one attached hydrogen (secondary N) is 3. The molecule has 2 atom stereocenters. The minimum atomic E-state index is -0.304. The molecule has 1 saturated heterocycles. The second-order valence-electron chi connectivity index (χ2n) is 5.61. The molecular weight excluding hydrogens is 346 g/mol. The van der Waals surface area contributed by atoms with Gasteiger partial charge in [-0.2, -0.15) is 0 Å². The Kier molecular flexibility index (Phi) is 6.39. The van der Waals surface area contributed by atoms with Crippen molar-refractivity contribution in [3.63, 3.8) is 0 Å². The summed E-state index contributed by atoms with van der Waals surface area (Å²) in [6, 6.07) is 7.71. The number of carbonyl (C=O) groups excluding carboxylic acids is 2. The van der Waals surface area contributed by atoms with Gasteiger partial charge < -0.3 is 16.0 Å². The first-order valence-corrected chi connectivity index (χ1v) is 8.36. The van der Waals surface area contributed by atoms with Crippen LogP contribution in [-0.2, 0) is 9.59 Å². The van der Waals surface area contributed by atoms with Gasteiger partial charge in [0, 0.05) is 24.0 Å². The molecule has 0 radical (unpaired) electrons. The standard InChI is InChI=1S/C16H22BrN3O2/c1-11(21)20-15(12-4-6-13(17)7-5-12)9-16(22)19-10-14-3-2-8-18-14/h4-7,14-15,18H,2-3,8-10H2,1H3,(H,19,22)(H,20,21). The number of benzene rings is 1. The van der Waals surface area contributed by atoms with Crippen molar-refractivity contribution in [1.29, 1.82) is 0 Å². The lowest BCUT2D eigenvalue weighted by molar-refractivity contribution is -0.122. The van der Waals surface area contributed by atoms with Gasteiger partial charge in [-0.3, -0.25) is 9.59 Å². The van der Waals surface area contributed by atoms with Crippen LogP contribution in [0.1, 0.15) is 37.8 Å². The minimum absolute atomic E-state index is 0.0460. The number of halogens is 1. The molecular formula is C16H22BrN3O2. The van der Waals surface area contributed by atoms with Crippen LogP contribution in [0, 0.1) is 0 Å². The zero-order valence-electron chi connectivity index (χ0n) is 12.7. The van der Waals surface area contributed by atoms with Crippen LogP contribution in [0.3, 0.4) is 0 Å². The van der Waals surface area contributed by atoms with E-state index in [0.29, 0.717) is 12.6 Å². The number of carbonyl (C=O) groups is 2. The fourth-order valence-corrected chi connectivity index (χ4v) is 2.88. The quantitative estimate of drug-likeness (QED) is 0.718. The van der Waals surface area contributed by atoms with E-state index in [0.717, 1.165) is 29.4 Å². The highest BCUT2D eigenvalue weighted by Gasteiger charge is 2.19. The van der Waals surface area contributed by atoms with Crippen LogP contribution in [0.2, 0.25) is 0 Å². The summed E-state index contributed by atoms with van der Waals surface area (Å²) >= 11 is 3.39. The van der Waals surface area contributed by atoms with Gasteiger partial charge in [-0.25, -0.2) is 0 Å². The van der Waals surface area contributed by atoms with Gasteiger partial charge in [0.2, 0.25) is 11.8 Å². The minimum Gasteiger partial charge on any atom is -0.354 e. The Morgan fingerprint density at radius 3 is 2.68 bits per heavy atom. The van der Waals surface area contributed by atoms with Gasteiger partial charge in [-0.15, -0.1) is 0 Å². The molecule has 0 aromatic heterocycles. The van der Waals surface area contributed by atoms with Gasteiger partial charge >= 0.3 is 0 Å². The monoisotopic (exact) mass is 367 g/mol. The maximum Gasteiger partial charge on any atom is 0.222 e. The van der Waals surface area contributed by atoms with Crippen molar-refractivity contribution in [3.8, 4) is 0 Å². The van der Waals surface area contributed by atoms with Crippen molar-refractivity contribution >= 4 is 27.7 Å². The Labute approximate surface area is 139 Å². The zero-order chi connectivity index (χ0) is 15.9. The van der Waals surface area contributed by atoms with Crippen LogP contribution >= 0.6 is 15.9 Å². The van der Waals surface area contributed by atoms with Gasteiger partial charge in [-0.05, 0) is 37.1 Å². The molecule has 2 amide bonds. The van der Waals surface area contributed by atoms with Gasteiger partial charge in [0.1, 0.15) is 0 Å². The molecule has 1 aromatic carbocycles. The lowest BCUT2D eigenvalue weighted by atomic mass is 10.0. The van der Waals surface area contributed by atoms with E-state index >= 15 is 0 Å². The summed E-state index contributed by atoms with van der Waals surface area (Å²) in [4.78, 5) is 23.5. The smallest absolute Gasteiger partial charge is 0.222 e. The van der Waals surface area contributed by atoms with Crippen molar-refractivity contribution in [3.05, 3.63) is 34.3 Å². The van der Waals surface area contributed by atoms with Crippen LogP contribution in [0.15, 0.2) is 28.7 Å². The first kappa shape index (κ1) is 17.0. The molecule has 2 rings (SSSR count). The van der Waals surface area contributed by atoms with Crippen molar-refractivity contribution in [1.82, 2.24) is 16.0 Å². The Morgan fingerprint density at radius 1 is 1.36 bits per heavy atom. The average Bonchev–Trinajstić information content (AvgIpc) is 2.98. The van der Waals surface area contributed by atoms with E-state index in [4.69, 9.17) is 0 Å². The molecule has 120 valence electrons. The second kappa shape index (κ2) is 8.29. The van der Waals surface area contributed by atoms with Gasteiger partial charge in [-0.1, -0.05) is 28.1 Å². The first-order valence-electron chi connectivity index (χ1n) is 7.57. The lowest BCUT2D eigenvalue weighted by Crippen LogP contribution is -2.39. The van der Waals surface area contributed by atoms with Gasteiger partial charge in [0.25, 0.3) is 0 Å². The number of rotatable bonds is 6. The fourth-order valence-electron chi connectivity index (χ4n) is 2.62. The van der Waals surface area contributed by atoms with E-state index in [1.165, 1.54) is 6.92 Å². The van der Waals surface area contributed by atoms with Crippen LogP contribution in [0.25, 0.3) is 0 Å². The van der Waals surface area contributed by atoms with Gasteiger partial charge in [0.15, 0.2) is 0 Å². The highest BCUT2D eigenvalue weighted by Crippen LogP contribution is 2.19. The molecule has 0 bridgehead atoms. The van der Waals surface area contributed by atoms with E-state index < -0.39 is 0 Å². The predicted molar refractivity (Wildman–Crippen MR) is 89.4 cm³/mol. The number of hydrogen-bond acceptors (Lipinski definition) is 3.